The first kappa shape index (κ1) is 15.2. The lowest BCUT2D eigenvalue weighted by atomic mass is 10.0. The number of halogens is 1. The minimum Gasteiger partial charge on any atom is -0.394 e. The number of likely N-dealkylation sites (tertiary alicyclic amines) is 1. The number of hydrogen-bond acceptors (Lipinski definition) is 5. The molecule has 7 nitrogen and oxygen atoms in total. The molecule has 8 heteroatoms. The molecule has 1 heterocycles. The Bertz CT molecular complexity index is 593. The first-order valence-corrected chi connectivity index (χ1v) is 6.52. The van der Waals surface area contributed by atoms with Gasteiger partial charge in [-0.05, 0) is 18.4 Å². The fourth-order valence-corrected chi connectivity index (χ4v) is 2.64. The second-order valence-electron chi connectivity index (χ2n) is 5.13. The third-order valence-corrected chi connectivity index (χ3v) is 3.91. The standard InChI is InChI=1S/C13H16FN3O4/c1-7-4-5-16(10(7)6-18)13(19)11-8(14)2-3-9(12(11)15)17(20)21/h2-3,7,10,18H,4-6,15H2,1H3. The molecule has 1 aromatic rings. The van der Waals surface area contributed by atoms with Crippen molar-refractivity contribution in [3.05, 3.63) is 33.6 Å². The SMILES string of the molecule is CC1CCN(C(=O)c2c(F)ccc([N+](=O)[O-])c2N)C1CO. The van der Waals surface area contributed by atoms with E-state index < -0.39 is 39.6 Å². The number of nitro groups is 1. The molecule has 1 aromatic carbocycles. The number of nitrogen functional groups attached to an aromatic ring is 1. The first-order chi connectivity index (χ1) is 9.88. The summed E-state index contributed by atoms with van der Waals surface area (Å²) in [5.74, 6) is -1.56. The molecule has 0 aromatic heterocycles. The van der Waals surface area contributed by atoms with Crippen molar-refractivity contribution in [1.82, 2.24) is 4.90 Å². The van der Waals surface area contributed by atoms with Crippen molar-refractivity contribution in [3.8, 4) is 0 Å². The largest absolute Gasteiger partial charge is 0.394 e. The highest BCUT2D eigenvalue weighted by Gasteiger charge is 2.37. The van der Waals surface area contributed by atoms with Crippen LogP contribution in [-0.4, -0.2) is 40.0 Å². The summed E-state index contributed by atoms with van der Waals surface area (Å²) in [6, 6.07) is 1.35. The van der Waals surface area contributed by atoms with E-state index in [1.54, 1.807) is 0 Å². The molecular weight excluding hydrogens is 281 g/mol. The lowest BCUT2D eigenvalue weighted by Gasteiger charge is -2.25. The quantitative estimate of drug-likeness (QED) is 0.494. The van der Waals surface area contributed by atoms with Gasteiger partial charge in [-0.3, -0.25) is 14.9 Å². The molecule has 1 saturated heterocycles. The number of anilines is 1. The molecule has 1 aliphatic heterocycles. The van der Waals surface area contributed by atoms with E-state index in [1.165, 1.54) is 4.90 Å². The summed E-state index contributed by atoms with van der Waals surface area (Å²) in [7, 11) is 0. The van der Waals surface area contributed by atoms with Crippen molar-refractivity contribution < 1.29 is 19.2 Å². The second-order valence-corrected chi connectivity index (χ2v) is 5.13. The van der Waals surface area contributed by atoms with Crippen LogP contribution in [-0.2, 0) is 0 Å². The number of aliphatic hydroxyl groups is 1. The Balaban J connectivity index is 2.44. The number of aliphatic hydroxyl groups excluding tert-OH is 1. The van der Waals surface area contributed by atoms with Crippen LogP contribution >= 0.6 is 0 Å². The smallest absolute Gasteiger partial charge is 0.293 e. The molecule has 1 amide bonds. The van der Waals surface area contributed by atoms with Gasteiger partial charge in [0.2, 0.25) is 0 Å². The van der Waals surface area contributed by atoms with Crippen molar-refractivity contribution in [2.45, 2.75) is 19.4 Å². The van der Waals surface area contributed by atoms with E-state index in [1.807, 2.05) is 6.92 Å². The highest BCUT2D eigenvalue weighted by molar-refractivity contribution is 6.01. The van der Waals surface area contributed by atoms with E-state index in [4.69, 9.17) is 5.73 Å². The molecule has 21 heavy (non-hydrogen) atoms. The summed E-state index contributed by atoms with van der Waals surface area (Å²) in [6.07, 6.45) is 0.674. The van der Waals surface area contributed by atoms with Gasteiger partial charge in [0.25, 0.3) is 11.6 Å². The van der Waals surface area contributed by atoms with Gasteiger partial charge in [-0.2, -0.15) is 0 Å². The van der Waals surface area contributed by atoms with E-state index >= 15 is 0 Å². The number of nitrogens with two attached hydrogens (primary N) is 1. The van der Waals surface area contributed by atoms with Crippen LogP contribution in [0.4, 0.5) is 15.8 Å². The molecule has 3 N–H and O–H groups in total. The van der Waals surface area contributed by atoms with Gasteiger partial charge < -0.3 is 15.7 Å². The fourth-order valence-electron chi connectivity index (χ4n) is 2.64. The van der Waals surface area contributed by atoms with E-state index in [0.29, 0.717) is 13.0 Å². The Kier molecular flexibility index (Phi) is 4.08. The first-order valence-electron chi connectivity index (χ1n) is 6.52. The number of carbonyl (C=O) groups is 1. The molecule has 1 fully saturated rings. The lowest BCUT2D eigenvalue weighted by Crippen LogP contribution is -2.40. The van der Waals surface area contributed by atoms with Crippen molar-refractivity contribution >= 4 is 17.3 Å². The van der Waals surface area contributed by atoms with Crippen molar-refractivity contribution in [2.24, 2.45) is 5.92 Å². The number of nitro benzene ring substituents is 1. The van der Waals surface area contributed by atoms with E-state index in [0.717, 1.165) is 12.1 Å². The van der Waals surface area contributed by atoms with Crippen LogP contribution in [0.3, 0.4) is 0 Å². The average Bonchev–Trinajstić information content (AvgIpc) is 2.79. The maximum absolute atomic E-state index is 13.9. The van der Waals surface area contributed by atoms with Gasteiger partial charge in [-0.1, -0.05) is 6.92 Å². The maximum atomic E-state index is 13.9. The fraction of sp³-hybridized carbons (Fsp3) is 0.462. The van der Waals surface area contributed by atoms with Crippen LogP contribution in [0, 0.1) is 21.8 Å². The molecule has 1 aliphatic rings. The predicted octanol–water partition coefficient (Wildman–Crippen LogP) is 1.16. The van der Waals surface area contributed by atoms with Crippen molar-refractivity contribution in [1.29, 1.82) is 0 Å². The Morgan fingerprint density at radius 1 is 1.62 bits per heavy atom. The minimum absolute atomic E-state index is 0.0712. The number of carbonyl (C=O) groups excluding carboxylic acids is 1. The van der Waals surface area contributed by atoms with E-state index in [9.17, 15) is 24.4 Å². The number of nitrogens with zero attached hydrogens (tertiary/aromatic N) is 2. The Hall–Kier alpha value is -2.22. The highest BCUT2D eigenvalue weighted by Crippen LogP contribution is 2.31. The minimum atomic E-state index is -0.903. The summed E-state index contributed by atoms with van der Waals surface area (Å²) in [4.78, 5) is 23.9. The zero-order valence-corrected chi connectivity index (χ0v) is 11.5. The molecule has 0 radical (unpaired) electrons. The Labute approximate surface area is 120 Å². The van der Waals surface area contributed by atoms with Crippen molar-refractivity contribution in [2.75, 3.05) is 18.9 Å². The van der Waals surface area contributed by atoms with Gasteiger partial charge >= 0.3 is 0 Å². The molecule has 2 rings (SSSR count). The summed E-state index contributed by atoms with van der Waals surface area (Å²) in [6.45, 7) is 1.98. The number of amides is 1. The molecule has 114 valence electrons. The van der Waals surface area contributed by atoms with Gasteiger partial charge in [-0.25, -0.2) is 4.39 Å². The third kappa shape index (κ3) is 2.54. The summed E-state index contributed by atoms with van der Waals surface area (Å²) >= 11 is 0. The summed E-state index contributed by atoms with van der Waals surface area (Å²) in [5, 5.41) is 20.2. The Morgan fingerprint density at radius 2 is 2.29 bits per heavy atom. The van der Waals surface area contributed by atoms with Gasteiger partial charge in [-0.15, -0.1) is 0 Å². The topological polar surface area (TPSA) is 110 Å². The molecule has 2 atom stereocenters. The van der Waals surface area contributed by atoms with Crippen LogP contribution in [0.5, 0.6) is 0 Å². The van der Waals surface area contributed by atoms with Crippen LogP contribution in [0.25, 0.3) is 0 Å². The van der Waals surface area contributed by atoms with Crippen LogP contribution < -0.4 is 5.73 Å². The maximum Gasteiger partial charge on any atom is 0.293 e. The number of rotatable bonds is 3. The average molecular weight is 297 g/mol. The molecular formula is C13H16FN3O4. The molecule has 0 spiro atoms. The Morgan fingerprint density at radius 3 is 2.86 bits per heavy atom. The van der Waals surface area contributed by atoms with Crippen LogP contribution in [0.15, 0.2) is 12.1 Å². The van der Waals surface area contributed by atoms with E-state index in [-0.39, 0.29) is 12.5 Å². The normalized spacial score (nSPS) is 21.6. The molecule has 0 bridgehead atoms. The molecule has 2 unspecified atom stereocenters. The zero-order valence-electron chi connectivity index (χ0n) is 11.5. The highest BCUT2D eigenvalue weighted by atomic mass is 19.1. The number of benzene rings is 1. The zero-order chi connectivity index (χ0) is 15.7. The van der Waals surface area contributed by atoms with Crippen LogP contribution in [0.2, 0.25) is 0 Å². The van der Waals surface area contributed by atoms with E-state index in [2.05, 4.69) is 0 Å². The molecule has 0 saturated carbocycles. The van der Waals surface area contributed by atoms with Gasteiger partial charge in [0, 0.05) is 12.6 Å². The molecule has 0 aliphatic carbocycles. The van der Waals surface area contributed by atoms with Gasteiger partial charge in [0.15, 0.2) is 0 Å². The second kappa shape index (κ2) is 5.65. The predicted molar refractivity (Wildman–Crippen MR) is 73.2 cm³/mol. The number of hydrogen-bond donors (Lipinski definition) is 2. The van der Waals surface area contributed by atoms with Crippen molar-refractivity contribution in [3.63, 3.8) is 0 Å². The third-order valence-electron chi connectivity index (χ3n) is 3.91. The summed E-state index contributed by atoms with van der Waals surface area (Å²) in [5.41, 5.74) is 4.09. The lowest BCUT2D eigenvalue weighted by molar-refractivity contribution is -0.384. The van der Waals surface area contributed by atoms with Crippen LogP contribution in [0.1, 0.15) is 23.7 Å². The monoisotopic (exact) mass is 297 g/mol. The van der Waals surface area contributed by atoms with Gasteiger partial charge in [0.05, 0.1) is 17.6 Å². The summed E-state index contributed by atoms with van der Waals surface area (Å²) < 4.78 is 13.9. The van der Waals surface area contributed by atoms with Gasteiger partial charge in [0.1, 0.15) is 17.1 Å².